The first-order valence-corrected chi connectivity index (χ1v) is 8.97. The lowest BCUT2D eigenvalue weighted by Crippen LogP contribution is -2.44. The summed E-state index contributed by atoms with van der Waals surface area (Å²) in [6.45, 7) is 3.19. The van der Waals surface area contributed by atoms with Gasteiger partial charge in [-0.15, -0.1) is 0 Å². The van der Waals surface area contributed by atoms with E-state index in [4.69, 9.17) is 0 Å². The second-order valence-electron chi connectivity index (χ2n) is 5.54. The molecule has 5 heteroatoms. The molecule has 0 amide bonds. The molecule has 2 fully saturated rings. The molecule has 0 spiro atoms. The SMILES string of the molecule is CCN(C1CCCCC1)S(=O)(=O)CCNC1CC1. The quantitative estimate of drug-likeness (QED) is 0.769. The van der Waals surface area contributed by atoms with Crippen LogP contribution >= 0.6 is 0 Å². The van der Waals surface area contributed by atoms with Gasteiger partial charge >= 0.3 is 0 Å². The predicted molar refractivity (Wildman–Crippen MR) is 74.1 cm³/mol. The molecule has 0 atom stereocenters. The van der Waals surface area contributed by atoms with Crippen LogP contribution in [0.1, 0.15) is 51.9 Å². The highest BCUT2D eigenvalue weighted by atomic mass is 32.2. The molecule has 0 heterocycles. The van der Waals surface area contributed by atoms with Gasteiger partial charge < -0.3 is 5.32 Å². The van der Waals surface area contributed by atoms with E-state index in [1.165, 1.54) is 32.1 Å². The van der Waals surface area contributed by atoms with Crippen molar-refractivity contribution in [3.8, 4) is 0 Å². The highest BCUT2D eigenvalue weighted by molar-refractivity contribution is 7.89. The van der Waals surface area contributed by atoms with E-state index >= 15 is 0 Å². The normalized spacial score (nSPS) is 22.6. The van der Waals surface area contributed by atoms with Crippen LogP contribution in [-0.4, -0.2) is 43.6 Å². The van der Waals surface area contributed by atoms with Crippen LogP contribution in [0, 0.1) is 0 Å². The van der Waals surface area contributed by atoms with Crippen molar-refractivity contribution in [3.63, 3.8) is 0 Å². The topological polar surface area (TPSA) is 49.4 Å². The van der Waals surface area contributed by atoms with Crippen LogP contribution < -0.4 is 5.32 Å². The van der Waals surface area contributed by atoms with Crippen molar-refractivity contribution in [2.75, 3.05) is 18.8 Å². The summed E-state index contributed by atoms with van der Waals surface area (Å²) in [6.07, 6.45) is 8.12. The first-order valence-electron chi connectivity index (χ1n) is 7.36. The number of hydrogen-bond acceptors (Lipinski definition) is 3. The summed E-state index contributed by atoms with van der Waals surface area (Å²) in [4.78, 5) is 0. The standard InChI is InChI=1S/C13H26N2O2S/c1-2-15(13-6-4-3-5-7-13)18(16,17)11-10-14-12-8-9-12/h12-14H,2-11H2,1H3. The molecule has 0 saturated heterocycles. The van der Waals surface area contributed by atoms with E-state index in [1.54, 1.807) is 4.31 Å². The maximum absolute atomic E-state index is 12.3. The summed E-state index contributed by atoms with van der Waals surface area (Å²) in [5.41, 5.74) is 0. The van der Waals surface area contributed by atoms with Crippen molar-refractivity contribution in [1.82, 2.24) is 9.62 Å². The summed E-state index contributed by atoms with van der Waals surface area (Å²) < 4.78 is 26.4. The van der Waals surface area contributed by atoms with Gasteiger partial charge in [-0.2, -0.15) is 4.31 Å². The molecule has 0 aliphatic heterocycles. The minimum absolute atomic E-state index is 0.258. The van der Waals surface area contributed by atoms with Gasteiger partial charge in [-0.25, -0.2) is 8.42 Å². The van der Waals surface area contributed by atoms with Crippen molar-refractivity contribution in [2.45, 2.75) is 64.0 Å². The molecule has 0 aromatic heterocycles. The Morgan fingerprint density at radius 1 is 1.11 bits per heavy atom. The third kappa shape index (κ3) is 3.93. The number of nitrogens with zero attached hydrogens (tertiary/aromatic N) is 1. The van der Waals surface area contributed by atoms with Crippen LogP contribution in [0.15, 0.2) is 0 Å². The Morgan fingerprint density at radius 3 is 2.33 bits per heavy atom. The molecular formula is C13H26N2O2S. The van der Waals surface area contributed by atoms with E-state index in [0.29, 0.717) is 19.1 Å². The minimum Gasteiger partial charge on any atom is -0.313 e. The molecule has 1 N–H and O–H groups in total. The number of hydrogen-bond donors (Lipinski definition) is 1. The van der Waals surface area contributed by atoms with Crippen LogP contribution in [-0.2, 0) is 10.0 Å². The van der Waals surface area contributed by atoms with Gasteiger partial charge in [0.25, 0.3) is 0 Å². The van der Waals surface area contributed by atoms with Gasteiger partial charge in [-0.05, 0) is 25.7 Å². The molecule has 106 valence electrons. The fraction of sp³-hybridized carbons (Fsp3) is 1.00. The molecule has 0 aromatic carbocycles. The monoisotopic (exact) mass is 274 g/mol. The average molecular weight is 274 g/mol. The van der Waals surface area contributed by atoms with Gasteiger partial charge in [0.05, 0.1) is 5.75 Å². The summed E-state index contributed by atoms with van der Waals surface area (Å²) in [6, 6.07) is 0.847. The third-order valence-corrected chi connectivity index (χ3v) is 6.01. The Hall–Kier alpha value is -0.130. The Morgan fingerprint density at radius 2 is 1.78 bits per heavy atom. The predicted octanol–water partition coefficient (Wildman–Crippen LogP) is 1.72. The van der Waals surface area contributed by atoms with Crippen molar-refractivity contribution < 1.29 is 8.42 Å². The summed E-state index contributed by atoms with van der Waals surface area (Å²) in [7, 11) is -3.07. The summed E-state index contributed by atoms with van der Waals surface area (Å²) in [5, 5.41) is 3.29. The van der Waals surface area contributed by atoms with Crippen LogP contribution in [0.3, 0.4) is 0 Å². The fourth-order valence-corrected chi connectivity index (χ4v) is 4.52. The maximum atomic E-state index is 12.3. The lowest BCUT2D eigenvalue weighted by atomic mass is 9.95. The van der Waals surface area contributed by atoms with E-state index in [2.05, 4.69) is 5.32 Å². The van der Waals surface area contributed by atoms with Gasteiger partial charge in [0.2, 0.25) is 10.0 Å². The largest absolute Gasteiger partial charge is 0.313 e. The summed E-state index contributed by atoms with van der Waals surface area (Å²) in [5.74, 6) is 0.258. The van der Waals surface area contributed by atoms with Gasteiger partial charge in [-0.1, -0.05) is 26.2 Å². The van der Waals surface area contributed by atoms with Crippen molar-refractivity contribution in [2.24, 2.45) is 0 Å². The first kappa shape index (κ1) is 14.3. The van der Waals surface area contributed by atoms with E-state index in [-0.39, 0.29) is 11.8 Å². The van der Waals surface area contributed by atoms with E-state index in [1.807, 2.05) is 6.92 Å². The lowest BCUT2D eigenvalue weighted by Gasteiger charge is -2.32. The Bertz CT molecular complexity index is 346. The molecule has 0 bridgehead atoms. The van der Waals surface area contributed by atoms with E-state index in [9.17, 15) is 8.42 Å². The second kappa shape index (κ2) is 6.35. The Labute approximate surface area is 111 Å². The molecule has 2 rings (SSSR count). The summed E-state index contributed by atoms with van der Waals surface area (Å²) >= 11 is 0. The molecule has 2 aliphatic carbocycles. The lowest BCUT2D eigenvalue weighted by molar-refractivity contribution is 0.261. The molecule has 0 radical (unpaired) electrons. The van der Waals surface area contributed by atoms with Gasteiger partial charge in [0.1, 0.15) is 0 Å². The maximum Gasteiger partial charge on any atom is 0.215 e. The van der Waals surface area contributed by atoms with Crippen LogP contribution in [0.4, 0.5) is 0 Å². The molecular weight excluding hydrogens is 248 g/mol. The van der Waals surface area contributed by atoms with Crippen LogP contribution in [0.5, 0.6) is 0 Å². The van der Waals surface area contributed by atoms with Gasteiger partial charge in [0, 0.05) is 25.2 Å². The highest BCUT2D eigenvalue weighted by Gasteiger charge is 2.30. The van der Waals surface area contributed by atoms with Crippen LogP contribution in [0.25, 0.3) is 0 Å². The minimum atomic E-state index is -3.07. The molecule has 2 saturated carbocycles. The first-order chi connectivity index (χ1) is 8.63. The van der Waals surface area contributed by atoms with Crippen molar-refractivity contribution in [1.29, 1.82) is 0 Å². The second-order valence-corrected chi connectivity index (χ2v) is 7.58. The zero-order valence-corrected chi connectivity index (χ0v) is 12.2. The van der Waals surface area contributed by atoms with Crippen molar-refractivity contribution in [3.05, 3.63) is 0 Å². The van der Waals surface area contributed by atoms with Gasteiger partial charge in [0.15, 0.2) is 0 Å². The smallest absolute Gasteiger partial charge is 0.215 e. The van der Waals surface area contributed by atoms with Crippen LogP contribution in [0.2, 0.25) is 0 Å². The number of nitrogens with one attached hydrogen (secondary N) is 1. The number of rotatable bonds is 7. The van der Waals surface area contributed by atoms with Crippen molar-refractivity contribution >= 4 is 10.0 Å². The molecule has 0 unspecified atom stereocenters. The zero-order chi connectivity index (χ0) is 13.0. The third-order valence-electron chi connectivity index (χ3n) is 4.02. The molecule has 18 heavy (non-hydrogen) atoms. The van der Waals surface area contributed by atoms with E-state index < -0.39 is 10.0 Å². The Kier molecular flexibility index (Phi) is 5.04. The van der Waals surface area contributed by atoms with E-state index in [0.717, 1.165) is 12.8 Å². The molecule has 4 nitrogen and oxygen atoms in total. The van der Waals surface area contributed by atoms with Gasteiger partial charge in [-0.3, -0.25) is 0 Å². The number of sulfonamides is 1. The zero-order valence-electron chi connectivity index (χ0n) is 11.4. The molecule has 0 aromatic rings. The molecule has 2 aliphatic rings. The fourth-order valence-electron chi connectivity index (χ4n) is 2.85. The highest BCUT2D eigenvalue weighted by Crippen LogP contribution is 2.24. The Balaban J connectivity index is 1.86. The average Bonchev–Trinajstić information content (AvgIpc) is 3.15.